The summed E-state index contributed by atoms with van der Waals surface area (Å²) in [5, 5.41) is 10.00. The average Bonchev–Trinajstić information content (AvgIpc) is 2.75. The van der Waals surface area contributed by atoms with E-state index in [0.717, 1.165) is 64.0 Å². The van der Waals surface area contributed by atoms with Gasteiger partial charge in [0.1, 0.15) is 6.10 Å². The zero-order chi connectivity index (χ0) is 20.4. The fourth-order valence-corrected chi connectivity index (χ4v) is 4.32. The van der Waals surface area contributed by atoms with E-state index in [4.69, 9.17) is 4.74 Å². The van der Waals surface area contributed by atoms with E-state index in [9.17, 15) is 5.11 Å². The minimum atomic E-state index is -0.130. The van der Waals surface area contributed by atoms with Gasteiger partial charge in [-0.3, -0.25) is 4.90 Å². The predicted octanol–water partition coefficient (Wildman–Crippen LogP) is 5.07. The Bertz CT molecular complexity index is 535. The van der Waals surface area contributed by atoms with Crippen molar-refractivity contribution in [2.24, 2.45) is 5.92 Å². The second-order valence-electron chi connectivity index (χ2n) is 8.33. The van der Waals surface area contributed by atoms with Gasteiger partial charge < -0.3 is 14.7 Å². The van der Waals surface area contributed by atoms with Crippen LogP contribution in [0.1, 0.15) is 72.1 Å². The van der Waals surface area contributed by atoms with Crippen molar-refractivity contribution in [3.63, 3.8) is 0 Å². The first kappa shape index (κ1) is 23.0. The van der Waals surface area contributed by atoms with E-state index < -0.39 is 0 Å². The van der Waals surface area contributed by atoms with Crippen LogP contribution in [0.15, 0.2) is 35.9 Å². The SMILES string of the molecule is C=CN1CCC(C(OC(CO)CN2CCCCC2)=C(C)CC)C/C1=C/CCC. The summed E-state index contributed by atoms with van der Waals surface area (Å²) in [6.07, 6.45) is 13.4. The van der Waals surface area contributed by atoms with Gasteiger partial charge in [-0.05, 0) is 70.3 Å². The van der Waals surface area contributed by atoms with Gasteiger partial charge in [0.15, 0.2) is 0 Å². The van der Waals surface area contributed by atoms with Gasteiger partial charge in [0.2, 0.25) is 0 Å². The first-order chi connectivity index (χ1) is 13.6. The lowest BCUT2D eigenvalue weighted by Crippen LogP contribution is -2.40. The molecule has 160 valence electrons. The molecule has 2 unspecified atom stereocenters. The minimum absolute atomic E-state index is 0.0844. The topological polar surface area (TPSA) is 35.9 Å². The van der Waals surface area contributed by atoms with Crippen LogP contribution in [0.2, 0.25) is 0 Å². The van der Waals surface area contributed by atoms with Crippen LogP contribution >= 0.6 is 0 Å². The van der Waals surface area contributed by atoms with E-state index >= 15 is 0 Å². The summed E-state index contributed by atoms with van der Waals surface area (Å²) in [7, 11) is 0. The Morgan fingerprint density at radius 2 is 2.00 bits per heavy atom. The Balaban J connectivity index is 2.10. The van der Waals surface area contributed by atoms with Crippen molar-refractivity contribution in [2.45, 2.75) is 78.2 Å². The van der Waals surface area contributed by atoms with E-state index in [1.807, 2.05) is 6.20 Å². The number of unbranched alkanes of at least 4 members (excludes halogenated alkanes) is 1. The molecule has 0 saturated carbocycles. The minimum Gasteiger partial charge on any atom is -0.491 e. The Morgan fingerprint density at radius 1 is 1.25 bits per heavy atom. The van der Waals surface area contributed by atoms with Crippen LogP contribution in [0, 0.1) is 5.92 Å². The Labute approximate surface area is 172 Å². The first-order valence-electron chi connectivity index (χ1n) is 11.4. The van der Waals surface area contributed by atoms with Gasteiger partial charge in [-0.1, -0.05) is 39.3 Å². The van der Waals surface area contributed by atoms with Crippen molar-refractivity contribution in [1.82, 2.24) is 9.80 Å². The van der Waals surface area contributed by atoms with Crippen molar-refractivity contribution in [2.75, 3.05) is 32.8 Å². The van der Waals surface area contributed by atoms with Gasteiger partial charge >= 0.3 is 0 Å². The van der Waals surface area contributed by atoms with Crippen molar-refractivity contribution in [3.05, 3.63) is 35.9 Å². The lowest BCUT2D eigenvalue weighted by molar-refractivity contribution is 0.00993. The maximum atomic E-state index is 10.00. The number of hydrogen-bond donors (Lipinski definition) is 1. The molecule has 0 aromatic rings. The van der Waals surface area contributed by atoms with Crippen LogP contribution in [0.5, 0.6) is 0 Å². The quantitative estimate of drug-likeness (QED) is 0.528. The molecule has 0 bridgehead atoms. The second-order valence-corrected chi connectivity index (χ2v) is 8.33. The van der Waals surface area contributed by atoms with Crippen LogP contribution < -0.4 is 0 Å². The number of hydrogen-bond acceptors (Lipinski definition) is 4. The van der Waals surface area contributed by atoms with Gasteiger partial charge in [0.05, 0.1) is 12.4 Å². The average molecular weight is 391 g/mol. The number of likely N-dealkylation sites (tertiary alicyclic amines) is 2. The van der Waals surface area contributed by atoms with E-state index in [0.29, 0.717) is 5.92 Å². The summed E-state index contributed by atoms with van der Waals surface area (Å²) in [4.78, 5) is 4.75. The molecule has 4 heteroatoms. The van der Waals surface area contributed by atoms with Crippen LogP contribution in [0.25, 0.3) is 0 Å². The molecule has 1 N–H and O–H groups in total. The number of aliphatic hydroxyl groups is 1. The molecule has 0 amide bonds. The standard InChI is InChI=1S/C24H42N2O2/c1-5-8-12-22-17-21(13-16-26(22)7-3)24(20(4)6-2)28-23(19-27)18-25-14-10-9-11-15-25/h7,12,21,23,27H,3,5-6,8-11,13-19H2,1-2,4H3/b22-12-,24-20?. The third-order valence-electron chi connectivity index (χ3n) is 6.16. The highest BCUT2D eigenvalue weighted by molar-refractivity contribution is 5.17. The summed E-state index contributed by atoms with van der Waals surface area (Å²) in [5.41, 5.74) is 2.69. The van der Waals surface area contributed by atoms with Crippen molar-refractivity contribution < 1.29 is 9.84 Å². The molecule has 2 aliphatic rings. The van der Waals surface area contributed by atoms with Crippen LogP contribution in [-0.2, 0) is 4.74 Å². The fraction of sp³-hybridized carbons (Fsp3) is 0.750. The van der Waals surface area contributed by atoms with Gasteiger partial charge in [-0.25, -0.2) is 0 Å². The molecule has 0 aliphatic carbocycles. The molecule has 2 fully saturated rings. The summed E-state index contributed by atoms with van der Waals surface area (Å²) in [6.45, 7) is 14.8. The lowest BCUT2D eigenvalue weighted by atomic mass is 9.89. The molecule has 2 rings (SSSR count). The third kappa shape index (κ3) is 6.66. The summed E-state index contributed by atoms with van der Waals surface area (Å²) in [5.74, 6) is 1.53. The fourth-order valence-electron chi connectivity index (χ4n) is 4.32. The molecular formula is C24H42N2O2. The predicted molar refractivity (Wildman–Crippen MR) is 118 cm³/mol. The second kappa shape index (κ2) is 12.3. The zero-order valence-electron chi connectivity index (χ0n) is 18.5. The maximum absolute atomic E-state index is 10.00. The van der Waals surface area contributed by atoms with Gasteiger partial charge in [-0.15, -0.1) is 0 Å². The molecule has 2 heterocycles. The summed E-state index contributed by atoms with van der Waals surface area (Å²) < 4.78 is 6.53. The van der Waals surface area contributed by atoms with E-state index in [2.05, 4.69) is 43.2 Å². The third-order valence-corrected chi connectivity index (χ3v) is 6.16. The van der Waals surface area contributed by atoms with Gasteiger partial charge in [0.25, 0.3) is 0 Å². The molecule has 0 aromatic carbocycles. The molecule has 0 aromatic heterocycles. The number of ether oxygens (including phenoxy) is 1. The molecule has 28 heavy (non-hydrogen) atoms. The van der Waals surface area contributed by atoms with E-state index in [1.54, 1.807) is 0 Å². The molecular weight excluding hydrogens is 348 g/mol. The molecule has 0 spiro atoms. The van der Waals surface area contributed by atoms with Crippen molar-refractivity contribution in [1.29, 1.82) is 0 Å². The molecule has 2 saturated heterocycles. The monoisotopic (exact) mass is 390 g/mol. The summed E-state index contributed by atoms with van der Waals surface area (Å²) >= 11 is 0. The smallest absolute Gasteiger partial charge is 0.134 e. The van der Waals surface area contributed by atoms with Crippen molar-refractivity contribution in [3.8, 4) is 0 Å². The number of allylic oxidation sites excluding steroid dienone is 4. The molecule has 4 nitrogen and oxygen atoms in total. The Kier molecular flexibility index (Phi) is 10.1. The normalized spacial score (nSPS) is 24.8. The maximum Gasteiger partial charge on any atom is 0.134 e. The van der Waals surface area contributed by atoms with E-state index in [1.165, 1.54) is 30.5 Å². The lowest BCUT2D eigenvalue weighted by Gasteiger charge is -2.37. The molecule has 0 radical (unpaired) electrons. The number of aliphatic hydroxyl groups excluding tert-OH is 1. The van der Waals surface area contributed by atoms with Gasteiger partial charge in [-0.2, -0.15) is 0 Å². The zero-order valence-corrected chi connectivity index (χ0v) is 18.5. The Morgan fingerprint density at radius 3 is 2.61 bits per heavy atom. The highest BCUT2D eigenvalue weighted by atomic mass is 16.5. The molecule has 2 aliphatic heterocycles. The first-order valence-corrected chi connectivity index (χ1v) is 11.4. The van der Waals surface area contributed by atoms with Crippen molar-refractivity contribution >= 4 is 0 Å². The highest BCUT2D eigenvalue weighted by Crippen LogP contribution is 2.35. The van der Waals surface area contributed by atoms with Crippen LogP contribution in [-0.4, -0.2) is 53.8 Å². The highest BCUT2D eigenvalue weighted by Gasteiger charge is 2.28. The number of rotatable bonds is 10. The Hall–Kier alpha value is -1.26. The van der Waals surface area contributed by atoms with E-state index in [-0.39, 0.29) is 12.7 Å². The van der Waals surface area contributed by atoms with Crippen LogP contribution in [0.4, 0.5) is 0 Å². The largest absolute Gasteiger partial charge is 0.491 e. The molecule has 2 atom stereocenters. The van der Waals surface area contributed by atoms with Gasteiger partial charge in [0, 0.05) is 24.7 Å². The number of piperidine rings is 2. The van der Waals surface area contributed by atoms with Crippen LogP contribution in [0.3, 0.4) is 0 Å². The summed E-state index contributed by atoms with van der Waals surface area (Å²) in [6, 6.07) is 0. The number of nitrogens with zero attached hydrogens (tertiary/aromatic N) is 2.